The van der Waals surface area contributed by atoms with E-state index in [0.717, 1.165) is 25.9 Å². The molecule has 1 aliphatic heterocycles. The van der Waals surface area contributed by atoms with Gasteiger partial charge in [0.15, 0.2) is 0 Å². The van der Waals surface area contributed by atoms with Gasteiger partial charge in [0.25, 0.3) is 5.91 Å². The zero-order valence-corrected chi connectivity index (χ0v) is 16.4. The van der Waals surface area contributed by atoms with Crippen LogP contribution in [0.5, 0.6) is 11.5 Å². The third-order valence-electron chi connectivity index (χ3n) is 4.80. The Hall–Kier alpha value is -2.24. The molecule has 2 atom stereocenters. The van der Waals surface area contributed by atoms with Crippen LogP contribution in [0.4, 0.5) is 0 Å². The summed E-state index contributed by atoms with van der Waals surface area (Å²) in [7, 11) is 3.07. The topological polar surface area (TPSA) is 67.9 Å². The van der Waals surface area contributed by atoms with Crippen LogP contribution in [0.25, 0.3) is 0 Å². The highest BCUT2D eigenvalue weighted by atomic mass is 16.5. The Morgan fingerprint density at radius 1 is 1.15 bits per heavy atom. The lowest BCUT2D eigenvalue weighted by atomic mass is 9.97. The van der Waals surface area contributed by atoms with Crippen molar-refractivity contribution in [1.82, 2.24) is 10.2 Å². The van der Waals surface area contributed by atoms with Crippen molar-refractivity contribution in [2.24, 2.45) is 11.8 Å². The van der Waals surface area contributed by atoms with Crippen LogP contribution in [-0.2, 0) is 4.79 Å². The molecule has 144 valence electrons. The van der Waals surface area contributed by atoms with Crippen molar-refractivity contribution in [2.75, 3.05) is 27.3 Å². The fraction of sp³-hybridized carbons (Fsp3) is 0.600. The average molecular weight is 362 g/mol. The van der Waals surface area contributed by atoms with Crippen LogP contribution < -0.4 is 14.8 Å². The molecule has 0 radical (unpaired) electrons. The molecule has 1 aliphatic rings. The van der Waals surface area contributed by atoms with Crippen molar-refractivity contribution >= 4 is 11.8 Å². The van der Waals surface area contributed by atoms with E-state index >= 15 is 0 Å². The molecule has 1 aromatic carbocycles. The van der Waals surface area contributed by atoms with Gasteiger partial charge in [0.2, 0.25) is 5.91 Å². The molecule has 2 rings (SSSR count). The molecule has 1 heterocycles. The fourth-order valence-electron chi connectivity index (χ4n) is 3.26. The lowest BCUT2D eigenvalue weighted by molar-refractivity contribution is -0.136. The molecule has 1 aromatic rings. The number of hydrogen-bond donors (Lipinski definition) is 1. The first-order valence-corrected chi connectivity index (χ1v) is 9.18. The van der Waals surface area contributed by atoms with Crippen molar-refractivity contribution in [3.63, 3.8) is 0 Å². The number of amides is 2. The van der Waals surface area contributed by atoms with E-state index in [2.05, 4.69) is 12.2 Å². The van der Waals surface area contributed by atoms with Crippen LogP contribution in [0.1, 0.15) is 44.0 Å². The number of methoxy groups -OCH3 is 2. The zero-order chi connectivity index (χ0) is 19.3. The van der Waals surface area contributed by atoms with Gasteiger partial charge in [-0.25, -0.2) is 0 Å². The van der Waals surface area contributed by atoms with Gasteiger partial charge in [-0.05, 0) is 36.8 Å². The molecular weight excluding hydrogens is 332 g/mol. The van der Waals surface area contributed by atoms with Gasteiger partial charge in [-0.3, -0.25) is 9.59 Å². The van der Waals surface area contributed by atoms with Gasteiger partial charge < -0.3 is 19.7 Å². The molecule has 0 bridgehead atoms. The molecule has 6 heteroatoms. The first-order chi connectivity index (χ1) is 12.3. The lowest BCUT2D eigenvalue weighted by Gasteiger charge is -2.35. The van der Waals surface area contributed by atoms with Gasteiger partial charge in [0, 0.05) is 24.7 Å². The number of carbonyl (C=O) groups is 2. The molecule has 1 N–H and O–H groups in total. The number of benzene rings is 1. The van der Waals surface area contributed by atoms with E-state index in [4.69, 9.17) is 9.47 Å². The summed E-state index contributed by atoms with van der Waals surface area (Å²) in [4.78, 5) is 27.6. The summed E-state index contributed by atoms with van der Waals surface area (Å²) in [5, 5.41) is 2.91. The number of hydrogen-bond acceptors (Lipinski definition) is 4. The Morgan fingerprint density at radius 2 is 1.77 bits per heavy atom. The first kappa shape index (κ1) is 20.1. The molecule has 26 heavy (non-hydrogen) atoms. The minimum Gasteiger partial charge on any atom is -0.497 e. The summed E-state index contributed by atoms with van der Waals surface area (Å²) in [6, 6.07) is 4.44. The van der Waals surface area contributed by atoms with Crippen molar-refractivity contribution < 1.29 is 19.1 Å². The van der Waals surface area contributed by atoms with E-state index in [1.54, 1.807) is 18.2 Å². The van der Waals surface area contributed by atoms with E-state index in [1.807, 2.05) is 18.7 Å². The Labute approximate surface area is 155 Å². The fourth-order valence-corrected chi connectivity index (χ4v) is 3.26. The van der Waals surface area contributed by atoms with Gasteiger partial charge in [0.05, 0.1) is 14.2 Å². The summed E-state index contributed by atoms with van der Waals surface area (Å²) in [6.45, 7) is 7.57. The van der Waals surface area contributed by atoms with Gasteiger partial charge in [0.1, 0.15) is 17.5 Å². The normalized spacial score (nSPS) is 18.4. The SMILES string of the molecule is COc1cc(OC)cc(C(=O)N[C@@H](C(=O)N2CCC[C@@H](C)C2)C(C)C)c1. The summed E-state index contributed by atoms with van der Waals surface area (Å²) >= 11 is 0. The Kier molecular flexibility index (Phi) is 6.89. The third-order valence-corrected chi connectivity index (χ3v) is 4.80. The largest absolute Gasteiger partial charge is 0.497 e. The Balaban J connectivity index is 2.16. The van der Waals surface area contributed by atoms with Crippen LogP contribution in [0.15, 0.2) is 18.2 Å². The zero-order valence-electron chi connectivity index (χ0n) is 16.4. The lowest BCUT2D eigenvalue weighted by Crippen LogP contribution is -2.53. The quantitative estimate of drug-likeness (QED) is 0.845. The summed E-state index contributed by atoms with van der Waals surface area (Å²) in [5.74, 6) is 1.25. The van der Waals surface area contributed by atoms with Crippen molar-refractivity contribution in [1.29, 1.82) is 0 Å². The van der Waals surface area contributed by atoms with Crippen molar-refractivity contribution in [3.05, 3.63) is 23.8 Å². The van der Waals surface area contributed by atoms with E-state index in [9.17, 15) is 9.59 Å². The highest BCUT2D eigenvalue weighted by Crippen LogP contribution is 2.23. The minimum absolute atomic E-state index is 0.00353. The third kappa shape index (κ3) is 4.90. The maximum absolute atomic E-state index is 13.0. The molecular formula is C20H30N2O4. The smallest absolute Gasteiger partial charge is 0.252 e. The van der Waals surface area contributed by atoms with E-state index < -0.39 is 6.04 Å². The Bertz CT molecular complexity index is 622. The average Bonchev–Trinajstić information content (AvgIpc) is 2.64. The van der Waals surface area contributed by atoms with Crippen LogP contribution >= 0.6 is 0 Å². The molecule has 1 saturated heterocycles. The van der Waals surface area contributed by atoms with Gasteiger partial charge >= 0.3 is 0 Å². The summed E-state index contributed by atoms with van der Waals surface area (Å²) in [5.41, 5.74) is 0.409. The maximum atomic E-state index is 13.0. The van der Waals surface area contributed by atoms with Gasteiger partial charge in [-0.1, -0.05) is 20.8 Å². The van der Waals surface area contributed by atoms with Crippen LogP contribution in [-0.4, -0.2) is 50.1 Å². The molecule has 2 amide bonds. The second kappa shape index (κ2) is 8.92. The predicted molar refractivity (Wildman–Crippen MR) is 101 cm³/mol. The van der Waals surface area contributed by atoms with E-state index in [1.165, 1.54) is 14.2 Å². The van der Waals surface area contributed by atoms with Crippen molar-refractivity contribution in [2.45, 2.75) is 39.7 Å². The molecule has 0 saturated carbocycles. The number of likely N-dealkylation sites (tertiary alicyclic amines) is 1. The monoisotopic (exact) mass is 362 g/mol. The molecule has 6 nitrogen and oxygen atoms in total. The molecule has 1 fully saturated rings. The van der Waals surface area contributed by atoms with E-state index in [-0.39, 0.29) is 17.7 Å². The second-order valence-electron chi connectivity index (χ2n) is 7.33. The van der Waals surface area contributed by atoms with Crippen LogP contribution in [0, 0.1) is 11.8 Å². The maximum Gasteiger partial charge on any atom is 0.252 e. The number of nitrogens with zero attached hydrogens (tertiary/aromatic N) is 1. The predicted octanol–water partition coefficient (Wildman–Crippen LogP) is 2.72. The first-order valence-electron chi connectivity index (χ1n) is 9.18. The number of ether oxygens (including phenoxy) is 2. The standard InChI is InChI=1S/C20H30N2O4/c1-13(2)18(20(24)22-8-6-7-14(3)12-22)21-19(23)15-9-16(25-4)11-17(10-15)26-5/h9-11,13-14,18H,6-8,12H2,1-5H3,(H,21,23)/t14-,18-/m1/s1. The summed E-state index contributed by atoms with van der Waals surface area (Å²) in [6.07, 6.45) is 2.16. The number of rotatable bonds is 6. The van der Waals surface area contributed by atoms with Crippen LogP contribution in [0.3, 0.4) is 0 Å². The minimum atomic E-state index is -0.551. The number of nitrogens with one attached hydrogen (secondary N) is 1. The highest BCUT2D eigenvalue weighted by Gasteiger charge is 2.31. The van der Waals surface area contributed by atoms with Gasteiger partial charge in [-0.15, -0.1) is 0 Å². The summed E-state index contributed by atoms with van der Waals surface area (Å²) < 4.78 is 10.4. The van der Waals surface area contributed by atoms with Crippen molar-refractivity contribution in [3.8, 4) is 11.5 Å². The van der Waals surface area contributed by atoms with Gasteiger partial charge in [-0.2, -0.15) is 0 Å². The molecule has 0 aromatic heterocycles. The number of piperidine rings is 1. The molecule has 0 unspecified atom stereocenters. The number of carbonyl (C=O) groups excluding carboxylic acids is 2. The highest BCUT2D eigenvalue weighted by molar-refractivity contribution is 5.98. The van der Waals surface area contributed by atoms with Crippen LogP contribution in [0.2, 0.25) is 0 Å². The molecule has 0 spiro atoms. The molecule has 0 aliphatic carbocycles. The Morgan fingerprint density at radius 3 is 2.27 bits per heavy atom. The van der Waals surface area contributed by atoms with E-state index in [0.29, 0.717) is 23.0 Å². The second-order valence-corrected chi connectivity index (χ2v) is 7.33.